The van der Waals surface area contributed by atoms with Gasteiger partial charge in [-0.05, 0) is 44.6 Å². The van der Waals surface area contributed by atoms with Crippen LogP contribution in [0.4, 0.5) is 0 Å². The van der Waals surface area contributed by atoms with Crippen molar-refractivity contribution in [1.82, 2.24) is 4.90 Å². The molecular formula is C13H26N2. The molecule has 0 spiro atoms. The molecule has 2 rings (SSSR count). The second-order valence-electron chi connectivity index (χ2n) is 5.73. The average molecular weight is 210 g/mol. The lowest BCUT2D eigenvalue weighted by Crippen LogP contribution is -2.39. The van der Waals surface area contributed by atoms with Crippen LogP contribution in [-0.2, 0) is 0 Å². The Morgan fingerprint density at radius 2 is 1.80 bits per heavy atom. The van der Waals surface area contributed by atoms with Gasteiger partial charge in [-0.15, -0.1) is 0 Å². The predicted octanol–water partition coefficient (Wildman–Crippen LogP) is 2.24. The van der Waals surface area contributed by atoms with Crippen molar-refractivity contribution in [1.29, 1.82) is 0 Å². The minimum absolute atomic E-state index is 0.443. The first-order valence-electron chi connectivity index (χ1n) is 6.70. The molecule has 1 atom stereocenters. The van der Waals surface area contributed by atoms with Crippen molar-refractivity contribution in [2.24, 2.45) is 17.6 Å². The summed E-state index contributed by atoms with van der Waals surface area (Å²) in [5.74, 6) is 1.80. The molecule has 0 aliphatic heterocycles. The molecule has 0 bridgehead atoms. The second kappa shape index (κ2) is 5.31. The highest BCUT2D eigenvalue weighted by atomic mass is 15.1. The molecule has 2 N–H and O–H groups in total. The van der Waals surface area contributed by atoms with Crippen molar-refractivity contribution in [3.63, 3.8) is 0 Å². The van der Waals surface area contributed by atoms with Crippen LogP contribution < -0.4 is 5.73 Å². The van der Waals surface area contributed by atoms with Crippen LogP contribution in [0.5, 0.6) is 0 Å². The molecular weight excluding hydrogens is 184 g/mol. The zero-order chi connectivity index (χ0) is 10.7. The Kier molecular flexibility index (Phi) is 4.04. The average Bonchev–Trinajstić information content (AvgIpc) is 3.01. The zero-order valence-electron chi connectivity index (χ0n) is 10.1. The lowest BCUT2D eigenvalue weighted by molar-refractivity contribution is 0.219. The van der Waals surface area contributed by atoms with Crippen LogP contribution in [0.3, 0.4) is 0 Å². The van der Waals surface area contributed by atoms with Crippen LogP contribution >= 0.6 is 0 Å². The molecule has 0 saturated heterocycles. The van der Waals surface area contributed by atoms with E-state index in [1.54, 1.807) is 0 Å². The Hall–Kier alpha value is -0.0800. The Morgan fingerprint density at radius 3 is 2.40 bits per heavy atom. The third-order valence-corrected chi connectivity index (χ3v) is 4.04. The number of hydrogen-bond acceptors (Lipinski definition) is 2. The fraction of sp³-hybridized carbons (Fsp3) is 1.00. The van der Waals surface area contributed by atoms with Crippen molar-refractivity contribution in [3.05, 3.63) is 0 Å². The molecule has 0 aromatic rings. The smallest absolute Gasteiger partial charge is 0.0196 e. The summed E-state index contributed by atoms with van der Waals surface area (Å²) in [6, 6.07) is 0.443. The third-order valence-electron chi connectivity index (χ3n) is 4.04. The number of rotatable bonds is 5. The first-order valence-corrected chi connectivity index (χ1v) is 6.70. The lowest BCUT2D eigenvalue weighted by Gasteiger charge is -2.28. The Labute approximate surface area is 94.2 Å². The Bertz CT molecular complexity index is 183. The molecule has 0 amide bonds. The van der Waals surface area contributed by atoms with E-state index in [0.717, 1.165) is 18.4 Å². The summed E-state index contributed by atoms with van der Waals surface area (Å²) in [6.07, 6.45) is 10.0. The van der Waals surface area contributed by atoms with E-state index in [1.165, 1.54) is 51.5 Å². The van der Waals surface area contributed by atoms with Gasteiger partial charge in [-0.3, -0.25) is 0 Å². The van der Waals surface area contributed by atoms with E-state index >= 15 is 0 Å². The maximum atomic E-state index is 6.14. The largest absolute Gasteiger partial charge is 0.326 e. The molecule has 0 aromatic carbocycles. The molecule has 2 heteroatoms. The van der Waals surface area contributed by atoms with Crippen LogP contribution in [0.1, 0.15) is 44.9 Å². The van der Waals surface area contributed by atoms with Gasteiger partial charge in [0.05, 0.1) is 0 Å². The van der Waals surface area contributed by atoms with Gasteiger partial charge in [0, 0.05) is 19.1 Å². The molecule has 2 aliphatic rings. The topological polar surface area (TPSA) is 29.3 Å². The summed E-state index contributed by atoms with van der Waals surface area (Å²) in [5, 5.41) is 0. The minimum Gasteiger partial charge on any atom is -0.326 e. The van der Waals surface area contributed by atoms with Gasteiger partial charge >= 0.3 is 0 Å². The van der Waals surface area contributed by atoms with Crippen LogP contribution in [0.15, 0.2) is 0 Å². The molecule has 2 saturated carbocycles. The lowest BCUT2D eigenvalue weighted by atomic mass is 9.89. The summed E-state index contributed by atoms with van der Waals surface area (Å²) in [6.45, 7) is 2.39. The SMILES string of the molecule is CN(CC1CCCCC1)CC(N)C1CC1. The van der Waals surface area contributed by atoms with Crippen molar-refractivity contribution in [3.8, 4) is 0 Å². The quantitative estimate of drug-likeness (QED) is 0.754. The molecule has 2 aliphatic carbocycles. The fourth-order valence-corrected chi connectivity index (χ4v) is 2.92. The van der Waals surface area contributed by atoms with Crippen LogP contribution in [0, 0.1) is 11.8 Å². The van der Waals surface area contributed by atoms with E-state index in [2.05, 4.69) is 11.9 Å². The Balaban J connectivity index is 1.63. The molecule has 2 nitrogen and oxygen atoms in total. The number of nitrogens with zero attached hydrogens (tertiary/aromatic N) is 1. The normalized spacial score (nSPS) is 25.8. The summed E-state index contributed by atoms with van der Waals surface area (Å²) in [4.78, 5) is 2.47. The standard InChI is InChI=1S/C13H26N2/c1-15(10-13(14)12-7-8-12)9-11-5-3-2-4-6-11/h11-13H,2-10,14H2,1H3. The fourth-order valence-electron chi connectivity index (χ4n) is 2.92. The second-order valence-corrected chi connectivity index (χ2v) is 5.73. The van der Waals surface area contributed by atoms with E-state index in [4.69, 9.17) is 5.73 Å². The summed E-state index contributed by atoms with van der Waals surface area (Å²) in [5.41, 5.74) is 6.14. The monoisotopic (exact) mass is 210 g/mol. The Morgan fingerprint density at radius 1 is 1.13 bits per heavy atom. The van der Waals surface area contributed by atoms with Gasteiger partial charge in [-0.25, -0.2) is 0 Å². The molecule has 2 fully saturated rings. The van der Waals surface area contributed by atoms with Crippen molar-refractivity contribution >= 4 is 0 Å². The summed E-state index contributed by atoms with van der Waals surface area (Å²) >= 11 is 0. The van der Waals surface area contributed by atoms with Gasteiger partial charge in [0.15, 0.2) is 0 Å². The molecule has 1 unspecified atom stereocenters. The molecule has 0 heterocycles. The highest BCUT2D eigenvalue weighted by Gasteiger charge is 2.29. The molecule has 88 valence electrons. The van der Waals surface area contributed by atoms with E-state index in [-0.39, 0.29) is 0 Å². The first kappa shape index (κ1) is 11.4. The zero-order valence-corrected chi connectivity index (χ0v) is 10.1. The van der Waals surface area contributed by atoms with Crippen LogP contribution in [-0.4, -0.2) is 31.1 Å². The summed E-state index contributed by atoms with van der Waals surface area (Å²) < 4.78 is 0. The predicted molar refractivity (Wildman–Crippen MR) is 64.8 cm³/mol. The number of likely N-dealkylation sites (N-methyl/N-ethyl adjacent to an activating group) is 1. The van der Waals surface area contributed by atoms with Crippen LogP contribution in [0.25, 0.3) is 0 Å². The molecule has 15 heavy (non-hydrogen) atoms. The highest BCUT2D eigenvalue weighted by Crippen LogP contribution is 2.32. The van der Waals surface area contributed by atoms with E-state index in [0.29, 0.717) is 6.04 Å². The van der Waals surface area contributed by atoms with Gasteiger partial charge in [-0.2, -0.15) is 0 Å². The van der Waals surface area contributed by atoms with E-state index < -0.39 is 0 Å². The van der Waals surface area contributed by atoms with Crippen molar-refractivity contribution < 1.29 is 0 Å². The van der Waals surface area contributed by atoms with Gasteiger partial charge in [0.1, 0.15) is 0 Å². The van der Waals surface area contributed by atoms with E-state index in [1.807, 2.05) is 0 Å². The molecule has 0 aromatic heterocycles. The van der Waals surface area contributed by atoms with E-state index in [9.17, 15) is 0 Å². The minimum atomic E-state index is 0.443. The number of nitrogens with two attached hydrogens (primary N) is 1. The summed E-state index contributed by atoms with van der Waals surface area (Å²) in [7, 11) is 2.25. The van der Waals surface area contributed by atoms with Gasteiger partial charge in [0.2, 0.25) is 0 Å². The van der Waals surface area contributed by atoms with Gasteiger partial charge in [0.25, 0.3) is 0 Å². The third kappa shape index (κ3) is 3.76. The van der Waals surface area contributed by atoms with Crippen LogP contribution in [0.2, 0.25) is 0 Å². The van der Waals surface area contributed by atoms with Gasteiger partial charge < -0.3 is 10.6 Å². The maximum Gasteiger partial charge on any atom is 0.0196 e. The van der Waals surface area contributed by atoms with Crippen molar-refractivity contribution in [2.75, 3.05) is 20.1 Å². The van der Waals surface area contributed by atoms with Gasteiger partial charge in [-0.1, -0.05) is 19.3 Å². The highest BCUT2D eigenvalue weighted by molar-refractivity contribution is 4.86. The first-order chi connectivity index (χ1) is 7.25. The maximum absolute atomic E-state index is 6.14. The molecule has 0 radical (unpaired) electrons. The number of hydrogen-bond donors (Lipinski definition) is 1. The van der Waals surface area contributed by atoms with Crippen molar-refractivity contribution in [2.45, 2.75) is 51.0 Å².